The van der Waals surface area contributed by atoms with E-state index >= 15 is 0 Å². The molecule has 1 aromatic carbocycles. The zero-order valence-corrected chi connectivity index (χ0v) is 11.8. The number of amides is 1. The van der Waals surface area contributed by atoms with Crippen molar-refractivity contribution in [1.29, 1.82) is 0 Å². The van der Waals surface area contributed by atoms with Crippen LogP contribution in [-0.2, 0) is 6.54 Å². The van der Waals surface area contributed by atoms with E-state index in [-0.39, 0.29) is 12.5 Å². The average molecular weight is 289 g/mol. The summed E-state index contributed by atoms with van der Waals surface area (Å²) in [6.07, 6.45) is 0. The molecule has 1 aromatic heterocycles. The van der Waals surface area contributed by atoms with E-state index in [2.05, 4.69) is 10.1 Å². The first kappa shape index (κ1) is 13.4. The van der Waals surface area contributed by atoms with E-state index in [0.29, 0.717) is 42.0 Å². The SMILES string of the molecule is Cc1noc(CN(C)C(=O)c2cccc3c2OCCO3)n1. The van der Waals surface area contributed by atoms with E-state index in [9.17, 15) is 4.79 Å². The Labute approximate surface area is 121 Å². The number of ether oxygens (including phenoxy) is 2. The van der Waals surface area contributed by atoms with Crippen LogP contribution in [0.4, 0.5) is 0 Å². The lowest BCUT2D eigenvalue weighted by atomic mass is 10.1. The summed E-state index contributed by atoms with van der Waals surface area (Å²) in [5.41, 5.74) is 0.464. The standard InChI is InChI=1S/C14H15N3O4/c1-9-15-12(21-16-9)8-17(2)14(18)10-4-3-5-11-13(10)20-7-6-19-11/h3-5H,6-8H2,1-2H3. The van der Waals surface area contributed by atoms with Crippen LogP contribution >= 0.6 is 0 Å². The zero-order chi connectivity index (χ0) is 14.8. The van der Waals surface area contributed by atoms with Crippen LogP contribution in [0.5, 0.6) is 11.5 Å². The Morgan fingerprint density at radius 3 is 2.90 bits per heavy atom. The second-order valence-electron chi connectivity index (χ2n) is 4.73. The van der Waals surface area contributed by atoms with Gasteiger partial charge in [-0.25, -0.2) is 0 Å². The summed E-state index contributed by atoms with van der Waals surface area (Å²) >= 11 is 0. The third-order valence-corrected chi connectivity index (χ3v) is 3.09. The van der Waals surface area contributed by atoms with Gasteiger partial charge >= 0.3 is 0 Å². The van der Waals surface area contributed by atoms with Crippen LogP contribution in [0.3, 0.4) is 0 Å². The molecule has 2 aromatic rings. The largest absolute Gasteiger partial charge is 0.486 e. The Morgan fingerprint density at radius 1 is 1.33 bits per heavy atom. The zero-order valence-electron chi connectivity index (χ0n) is 11.8. The number of aromatic nitrogens is 2. The highest BCUT2D eigenvalue weighted by molar-refractivity contribution is 5.97. The maximum absolute atomic E-state index is 12.5. The van der Waals surface area contributed by atoms with E-state index < -0.39 is 0 Å². The predicted octanol–water partition coefficient (Wildman–Crippen LogP) is 1.42. The summed E-state index contributed by atoms with van der Waals surface area (Å²) in [6.45, 7) is 2.89. The molecule has 0 fully saturated rings. The van der Waals surface area contributed by atoms with Gasteiger partial charge in [-0.2, -0.15) is 4.98 Å². The van der Waals surface area contributed by atoms with Crippen molar-refractivity contribution in [3.8, 4) is 11.5 Å². The lowest BCUT2D eigenvalue weighted by Crippen LogP contribution is -2.28. The Bertz CT molecular complexity index is 668. The molecule has 0 saturated carbocycles. The van der Waals surface area contributed by atoms with Gasteiger partial charge in [0.1, 0.15) is 13.2 Å². The minimum Gasteiger partial charge on any atom is -0.486 e. The smallest absolute Gasteiger partial charge is 0.257 e. The first-order valence-electron chi connectivity index (χ1n) is 6.58. The first-order valence-corrected chi connectivity index (χ1v) is 6.58. The molecule has 1 aliphatic heterocycles. The minimum absolute atomic E-state index is 0.187. The Morgan fingerprint density at radius 2 is 2.14 bits per heavy atom. The summed E-state index contributed by atoms with van der Waals surface area (Å²) in [6, 6.07) is 5.27. The topological polar surface area (TPSA) is 77.7 Å². The van der Waals surface area contributed by atoms with Crippen LogP contribution in [0.2, 0.25) is 0 Å². The number of carbonyl (C=O) groups is 1. The van der Waals surface area contributed by atoms with Gasteiger partial charge in [-0.3, -0.25) is 4.79 Å². The second kappa shape index (κ2) is 5.43. The van der Waals surface area contributed by atoms with Crippen LogP contribution in [0, 0.1) is 6.92 Å². The van der Waals surface area contributed by atoms with Crippen molar-refractivity contribution in [3.05, 3.63) is 35.5 Å². The third kappa shape index (κ3) is 2.67. The minimum atomic E-state index is -0.187. The molecule has 110 valence electrons. The Kier molecular flexibility index (Phi) is 3.47. The number of aryl methyl sites for hydroxylation is 1. The quantitative estimate of drug-likeness (QED) is 0.850. The van der Waals surface area contributed by atoms with Gasteiger partial charge in [-0.1, -0.05) is 11.2 Å². The number of fused-ring (bicyclic) bond motifs is 1. The summed E-state index contributed by atoms with van der Waals surface area (Å²) in [5.74, 6) is 1.83. The maximum Gasteiger partial charge on any atom is 0.257 e. The molecule has 2 heterocycles. The van der Waals surface area contributed by atoms with Crippen LogP contribution < -0.4 is 9.47 Å². The highest BCUT2D eigenvalue weighted by Gasteiger charge is 2.23. The third-order valence-electron chi connectivity index (χ3n) is 3.09. The van der Waals surface area contributed by atoms with Crippen molar-refractivity contribution < 1.29 is 18.8 Å². The fraction of sp³-hybridized carbons (Fsp3) is 0.357. The number of carbonyl (C=O) groups excluding carboxylic acids is 1. The van der Waals surface area contributed by atoms with Gasteiger partial charge < -0.3 is 18.9 Å². The van der Waals surface area contributed by atoms with Gasteiger partial charge in [-0.05, 0) is 19.1 Å². The molecule has 1 aliphatic rings. The van der Waals surface area contributed by atoms with Crippen molar-refractivity contribution >= 4 is 5.91 Å². The number of benzene rings is 1. The molecule has 7 nitrogen and oxygen atoms in total. The van der Waals surface area contributed by atoms with E-state index in [1.54, 1.807) is 32.2 Å². The van der Waals surface area contributed by atoms with Crippen LogP contribution in [0.25, 0.3) is 0 Å². The summed E-state index contributed by atoms with van der Waals surface area (Å²) in [7, 11) is 1.67. The molecule has 3 rings (SSSR count). The molecule has 0 saturated heterocycles. The summed E-state index contributed by atoms with van der Waals surface area (Å²) in [5, 5.41) is 3.70. The molecule has 0 N–H and O–H groups in total. The molecule has 0 spiro atoms. The van der Waals surface area contributed by atoms with Crippen molar-refractivity contribution in [2.45, 2.75) is 13.5 Å². The van der Waals surface area contributed by atoms with Gasteiger partial charge in [0.2, 0.25) is 5.89 Å². The molecular formula is C14H15N3O4. The number of para-hydroxylation sites is 1. The molecule has 0 unspecified atom stereocenters. The van der Waals surface area contributed by atoms with Crippen molar-refractivity contribution in [2.24, 2.45) is 0 Å². The normalized spacial score (nSPS) is 13.0. The number of hydrogen-bond acceptors (Lipinski definition) is 6. The van der Waals surface area contributed by atoms with Crippen LogP contribution in [0.15, 0.2) is 22.7 Å². The lowest BCUT2D eigenvalue weighted by Gasteiger charge is -2.22. The molecular weight excluding hydrogens is 274 g/mol. The van der Waals surface area contributed by atoms with Gasteiger partial charge in [-0.15, -0.1) is 0 Å². The number of hydrogen-bond donors (Lipinski definition) is 0. The predicted molar refractivity (Wildman–Crippen MR) is 72.3 cm³/mol. The van der Waals surface area contributed by atoms with E-state index in [1.807, 2.05) is 0 Å². The highest BCUT2D eigenvalue weighted by Crippen LogP contribution is 2.34. The summed E-state index contributed by atoms with van der Waals surface area (Å²) < 4.78 is 16.1. The molecule has 0 aliphatic carbocycles. The molecule has 1 amide bonds. The van der Waals surface area contributed by atoms with Gasteiger partial charge in [0, 0.05) is 7.05 Å². The van der Waals surface area contributed by atoms with Gasteiger partial charge in [0.05, 0.1) is 12.1 Å². The first-order chi connectivity index (χ1) is 10.1. The lowest BCUT2D eigenvalue weighted by molar-refractivity contribution is 0.0759. The monoisotopic (exact) mass is 289 g/mol. The van der Waals surface area contributed by atoms with Crippen molar-refractivity contribution in [1.82, 2.24) is 15.0 Å². The molecule has 0 atom stereocenters. The summed E-state index contributed by atoms with van der Waals surface area (Å²) in [4.78, 5) is 18.1. The van der Waals surface area contributed by atoms with Gasteiger partial charge in [0.15, 0.2) is 17.3 Å². The van der Waals surface area contributed by atoms with E-state index in [4.69, 9.17) is 14.0 Å². The highest BCUT2D eigenvalue weighted by atomic mass is 16.6. The van der Waals surface area contributed by atoms with Gasteiger partial charge in [0.25, 0.3) is 5.91 Å². The van der Waals surface area contributed by atoms with E-state index in [0.717, 1.165) is 0 Å². The maximum atomic E-state index is 12.5. The van der Waals surface area contributed by atoms with E-state index in [1.165, 1.54) is 4.90 Å². The fourth-order valence-electron chi connectivity index (χ4n) is 2.13. The Hall–Kier alpha value is -2.57. The molecule has 7 heteroatoms. The Balaban J connectivity index is 1.81. The molecule has 0 radical (unpaired) electrons. The second-order valence-corrected chi connectivity index (χ2v) is 4.73. The number of rotatable bonds is 3. The van der Waals surface area contributed by atoms with Crippen molar-refractivity contribution in [3.63, 3.8) is 0 Å². The number of nitrogens with zero attached hydrogens (tertiary/aromatic N) is 3. The fourth-order valence-corrected chi connectivity index (χ4v) is 2.13. The van der Waals surface area contributed by atoms with Crippen LogP contribution in [0.1, 0.15) is 22.1 Å². The molecule has 0 bridgehead atoms. The van der Waals surface area contributed by atoms with Crippen molar-refractivity contribution in [2.75, 3.05) is 20.3 Å². The molecule has 21 heavy (non-hydrogen) atoms. The van der Waals surface area contributed by atoms with Crippen LogP contribution in [-0.4, -0.2) is 41.2 Å². The average Bonchev–Trinajstić information content (AvgIpc) is 2.91.